The molecule has 0 amide bonds. The standard InChI is InChI=1S/C18H15N3O6/c1-11-14(19-16(27-11)12-6-4-3-5-7-12)10-20-9-13(18(23)26-2)8-15(17(20)22)21(24)25/h3-9H,10H2,1-2H3. The number of benzene rings is 1. The van der Waals surface area contributed by atoms with Crippen molar-refractivity contribution in [1.82, 2.24) is 9.55 Å². The minimum atomic E-state index is -0.851. The summed E-state index contributed by atoms with van der Waals surface area (Å²) in [6.45, 7) is 1.59. The number of ether oxygens (including phenoxy) is 1. The first-order chi connectivity index (χ1) is 12.9. The van der Waals surface area contributed by atoms with Crippen molar-refractivity contribution in [3.05, 3.63) is 80.1 Å². The van der Waals surface area contributed by atoms with E-state index in [-0.39, 0.29) is 12.1 Å². The largest absolute Gasteiger partial charge is 0.465 e. The first-order valence-corrected chi connectivity index (χ1v) is 7.89. The Morgan fingerprint density at radius 2 is 2.04 bits per heavy atom. The van der Waals surface area contributed by atoms with E-state index in [1.54, 1.807) is 6.92 Å². The van der Waals surface area contributed by atoms with E-state index in [9.17, 15) is 19.7 Å². The molecular weight excluding hydrogens is 354 g/mol. The normalized spacial score (nSPS) is 10.6. The zero-order chi connectivity index (χ0) is 19.6. The lowest BCUT2D eigenvalue weighted by Gasteiger charge is -2.06. The average Bonchev–Trinajstić information content (AvgIpc) is 3.03. The molecule has 0 atom stereocenters. The van der Waals surface area contributed by atoms with Gasteiger partial charge in [-0.2, -0.15) is 0 Å². The van der Waals surface area contributed by atoms with Gasteiger partial charge in [-0.1, -0.05) is 18.2 Å². The summed E-state index contributed by atoms with van der Waals surface area (Å²) in [4.78, 5) is 38.8. The van der Waals surface area contributed by atoms with Gasteiger partial charge in [-0.3, -0.25) is 14.9 Å². The van der Waals surface area contributed by atoms with Gasteiger partial charge in [0, 0.05) is 17.8 Å². The molecule has 0 unspecified atom stereocenters. The van der Waals surface area contributed by atoms with Crippen LogP contribution in [0.15, 0.2) is 51.8 Å². The third-order valence-electron chi connectivity index (χ3n) is 3.92. The summed E-state index contributed by atoms with van der Waals surface area (Å²) in [6, 6.07) is 10.1. The highest BCUT2D eigenvalue weighted by atomic mass is 16.6. The van der Waals surface area contributed by atoms with Crippen LogP contribution in [-0.4, -0.2) is 27.6 Å². The molecule has 0 aliphatic carbocycles. The van der Waals surface area contributed by atoms with Gasteiger partial charge in [0.25, 0.3) is 0 Å². The SMILES string of the molecule is COC(=O)c1cc([N+](=O)[O-])c(=O)n(Cc2nc(-c3ccccc3)oc2C)c1. The molecule has 2 heterocycles. The molecule has 0 aliphatic rings. The molecule has 9 heteroatoms. The molecule has 9 nitrogen and oxygen atoms in total. The molecule has 138 valence electrons. The highest BCUT2D eigenvalue weighted by Crippen LogP contribution is 2.22. The summed E-state index contributed by atoms with van der Waals surface area (Å²) in [7, 11) is 1.15. The van der Waals surface area contributed by atoms with Crippen LogP contribution >= 0.6 is 0 Å². The molecule has 1 aromatic carbocycles. The third-order valence-corrected chi connectivity index (χ3v) is 3.92. The highest BCUT2D eigenvalue weighted by molar-refractivity contribution is 5.89. The zero-order valence-corrected chi connectivity index (χ0v) is 14.5. The average molecular weight is 369 g/mol. The number of oxazole rings is 1. The van der Waals surface area contributed by atoms with Gasteiger partial charge in [0.1, 0.15) is 11.5 Å². The fourth-order valence-corrected chi connectivity index (χ4v) is 2.54. The van der Waals surface area contributed by atoms with E-state index in [0.717, 1.165) is 23.3 Å². The Balaban J connectivity index is 2.04. The van der Waals surface area contributed by atoms with E-state index in [1.165, 1.54) is 6.20 Å². The molecule has 0 radical (unpaired) electrons. The number of nitro groups is 1. The van der Waals surface area contributed by atoms with Crippen LogP contribution in [0.1, 0.15) is 21.8 Å². The van der Waals surface area contributed by atoms with Crippen molar-refractivity contribution in [2.75, 3.05) is 7.11 Å². The van der Waals surface area contributed by atoms with Crippen molar-refractivity contribution in [2.24, 2.45) is 0 Å². The van der Waals surface area contributed by atoms with Gasteiger partial charge in [0.2, 0.25) is 5.89 Å². The lowest BCUT2D eigenvalue weighted by Crippen LogP contribution is -2.25. The first-order valence-electron chi connectivity index (χ1n) is 7.89. The molecule has 3 rings (SSSR count). The van der Waals surface area contributed by atoms with Crippen molar-refractivity contribution >= 4 is 11.7 Å². The molecule has 0 saturated heterocycles. The lowest BCUT2D eigenvalue weighted by atomic mass is 10.2. The number of aromatic nitrogens is 2. The van der Waals surface area contributed by atoms with Crippen LogP contribution in [0.4, 0.5) is 5.69 Å². The molecule has 3 aromatic rings. The van der Waals surface area contributed by atoms with Crippen molar-refractivity contribution in [1.29, 1.82) is 0 Å². The number of hydrogen-bond acceptors (Lipinski definition) is 7. The van der Waals surface area contributed by atoms with E-state index >= 15 is 0 Å². The minimum Gasteiger partial charge on any atom is -0.465 e. The predicted octanol–water partition coefficient (Wildman–Crippen LogP) is 2.55. The van der Waals surface area contributed by atoms with E-state index < -0.39 is 22.1 Å². The maximum atomic E-state index is 12.4. The van der Waals surface area contributed by atoms with Crippen LogP contribution in [-0.2, 0) is 11.3 Å². The number of methoxy groups -OCH3 is 1. The Labute approximate surface area is 153 Å². The molecule has 27 heavy (non-hydrogen) atoms. The monoisotopic (exact) mass is 369 g/mol. The van der Waals surface area contributed by atoms with Crippen LogP contribution in [0.3, 0.4) is 0 Å². The summed E-state index contributed by atoms with van der Waals surface area (Å²) >= 11 is 0. The van der Waals surface area contributed by atoms with E-state index in [4.69, 9.17) is 4.42 Å². The Bertz CT molecular complexity index is 1070. The van der Waals surface area contributed by atoms with Crippen LogP contribution in [0.5, 0.6) is 0 Å². The van der Waals surface area contributed by atoms with Gasteiger partial charge < -0.3 is 13.7 Å². The zero-order valence-electron chi connectivity index (χ0n) is 14.5. The van der Waals surface area contributed by atoms with Gasteiger partial charge in [0.15, 0.2) is 0 Å². The maximum Gasteiger partial charge on any atom is 0.339 e. The molecular formula is C18H15N3O6. The minimum absolute atomic E-state index is 0.0906. The number of nitrogens with zero attached hydrogens (tertiary/aromatic N) is 3. The first kappa shape index (κ1) is 18.1. The molecule has 0 aliphatic heterocycles. The third kappa shape index (κ3) is 3.61. The highest BCUT2D eigenvalue weighted by Gasteiger charge is 2.21. The number of carbonyl (C=O) groups is 1. The van der Waals surface area contributed by atoms with Crippen LogP contribution in [0.2, 0.25) is 0 Å². The van der Waals surface area contributed by atoms with E-state index in [1.807, 2.05) is 30.3 Å². The second-order valence-electron chi connectivity index (χ2n) is 5.68. The molecule has 2 aromatic heterocycles. The quantitative estimate of drug-likeness (QED) is 0.385. The Hall–Kier alpha value is -3.75. The fraction of sp³-hybridized carbons (Fsp3) is 0.167. The van der Waals surface area contributed by atoms with Crippen LogP contribution < -0.4 is 5.56 Å². The number of hydrogen-bond donors (Lipinski definition) is 0. The lowest BCUT2D eigenvalue weighted by molar-refractivity contribution is -0.386. The van der Waals surface area contributed by atoms with Gasteiger partial charge in [-0.15, -0.1) is 0 Å². The van der Waals surface area contributed by atoms with Crippen molar-refractivity contribution in [2.45, 2.75) is 13.5 Å². The summed E-state index contributed by atoms with van der Waals surface area (Å²) < 4.78 is 11.3. The second kappa shape index (κ2) is 7.24. The summed E-state index contributed by atoms with van der Waals surface area (Å²) in [5.41, 5.74) is -0.493. The van der Waals surface area contributed by atoms with Crippen molar-refractivity contribution in [3.8, 4) is 11.5 Å². The Morgan fingerprint density at radius 3 is 2.67 bits per heavy atom. The topological polar surface area (TPSA) is 117 Å². The maximum absolute atomic E-state index is 12.4. The summed E-state index contributed by atoms with van der Waals surface area (Å²) in [5, 5.41) is 11.2. The van der Waals surface area contributed by atoms with Gasteiger partial charge in [-0.05, 0) is 19.1 Å². The number of carbonyl (C=O) groups excluding carboxylic acids is 1. The summed E-state index contributed by atoms with van der Waals surface area (Å²) in [5.74, 6) is 0.0512. The predicted molar refractivity (Wildman–Crippen MR) is 94.5 cm³/mol. The number of aryl methyl sites for hydroxylation is 1. The Morgan fingerprint density at radius 1 is 1.33 bits per heavy atom. The van der Waals surface area contributed by atoms with Gasteiger partial charge >= 0.3 is 17.2 Å². The number of esters is 1. The van der Waals surface area contributed by atoms with Crippen molar-refractivity contribution < 1.29 is 18.9 Å². The fourth-order valence-electron chi connectivity index (χ4n) is 2.54. The number of pyridine rings is 1. The second-order valence-corrected chi connectivity index (χ2v) is 5.68. The summed E-state index contributed by atoms with van der Waals surface area (Å²) in [6.07, 6.45) is 1.21. The molecule has 0 bridgehead atoms. The molecule has 0 fully saturated rings. The van der Waals surface area contributed by atoms with Crippen LogP contribution in [0.25, 0.3) is 11.5 Å². The molecule has 0 spiro atoms. The molecule has 0 saturated carbocycles. The Kier molecular flexibility index (Phi) is 4.84. The van der Waals surface area contributed by atoms with Gasteiger partial charge in [0.05, 0.1) is 24.1 Å². The van der Waals surface area contributed by atoms with Crippen molar-refractivity contribution in [3.63, 3.8) is 0 Å². The smallest absolute Gasteiger partial charge is 0.339 e. The number of rotatable bonds is 5. The van der Waals surface area contributed by atoms with Gasteiger partial charge in [-0.25, -0.2) is 9.78 Å². The van der Waals surface area contributed by atoms with E-state index in [0.29, 0.717) is 17.3 Å². The van der Waals surface area contributed by atoms with E-state index in [2.05, 4.69) is 9.72 Å². The molecule has 0 N–H and O–H groups in total. The van der Waals surface area contributed by atoms with Crippen LogP contribution in [0, 0.1) is 17.0 Å².